The number of hydrogen-bond donors (Lipinski definition) is 1. The molecule has 0 bridgehead atoms. The quantitative estimate of drug-likeness (QED) is 0.481. The molecule has 0 aromatic heterocycles. The molecule has 4 rings (SSSR count). The number of rotatable bonds is 5. The van der Waals surface area contributed by atoms with Gasteiger partial charge in [-0.1, -0.05) is 29.8 Å². The van der Waals surface area contributed by atoms with Crippen molar-refractivity contribution in [1.82, 2.24) is 4.90 Å². The maximum Gasteiger partial charge on any atom is 0.322 e. The molecular formula is C27H29N3O3S. The molecule has 0 fully saturated rings. The topological polar surface area (TPSA) is 61.9 Å². The molecule has 1 heterocycles. The molecule has 0 spiro atoms. The first-order valence-electron chi connectivity index (χ1n) is 11.2. The highest BCUT2D eigenvalue weighted by atomic mass is 32.2. The van der Waals surface area contributed by atoms with E-state index in [4.69, 9.17) is 4.74 Å². The number of thioether (sulfide) groups is 1. The minimum Gasteiger partial charge on any atom is -0.491 e. The fraction of sp³-hybridized carbons (Fsp3) is 0.259. The van der Waals surface area contributed by atoms with Crippen LogP contribution in [0.25, 0.3) is 0 Å². The number of carbonyl (C=O) groups is 2. The summed E-state index contributed by atoms with van der Waals surface area (Å²) in [7, 11) is 0. The average Bonchev–Trinajstić information content (AvgIpc) is 3.05. The summed E-state index contributed by atoms with van der Waals surface area (Å²) < 4.78 is 5.92. The third kappa shape index (κ3) is 5.72. The molecule has 176 valence electrons. The maximum absolute atomic E-state index is 13.0. The van der Waals surface area contributed by atoms with Gasteiger partial charge in [-0.05, 0) is 61.2 Å². The average molecular weight is 476 g/mol. The second-order valence-electron chi connectivity index (χ2n) is 8.31. The number of carbonyl (C=O) groups excluding carboxylic acids is 2. The van der Waals surface area contributed by atoms with Crippen LogP contribution in [0.5, 0.6) is 5.75 Å². The highest BCUT2D eigenvalue weighted by Crippen LogP contribution is 2.27. The van der Waals surface area contributed by atoms with Crippen molar-refractivity contribution >= 4 is 35.1 Å². The van der Waals surface area contributed by atoms with E-state index in [1.807, 2.05) is 79.9 Å². The molecule has 3 aromatic rings. The number of benzene rings is 3. The van der Waals surface area contributed by atoms with E-state index in [2.05, 4.69) is 5.32 Å². The molecule has 7 heteroatoms. The lowest BCUT2D eigenvalue weighted by molar-refractivity contribution is -0.116. The SMILES string of the molecule is CSc1cccc(NC(=O)N2CCOc3ccc(CN(C(C)=O)c4ccc(C)cc4)cc3C2)c1. The summed E-state index contributed by atoms with van der Waals surface area (Å²) in [5.41, 5.74) is 4.68. The molecule has 0 unspecified atom stereocenters. The Kier molecular flexibility index (Phi) is 7.43. The molecule has 0 saturated carbocycles. The summed E-state index contributed by atoms with van der Waals surface area (Å²) in [5.74, 6) is 0.747. The summed E-state index contributed by atoms with van der Waals surface area (Å²) in [6.07, 6.45) is 2.01. The van der Waals surface area contributed by atoms with E-state index in [9.17, 15) is 9.59 Å². The highest BCUT2D eigenvalue weighted by molar-refractivity contribution is 7.98. The lowest BCUT2D eigenvalue weighted by Crippen LogP contribution is -2.36. The summed E-state index contributed by atoms with van der Waals surface area (Å²) in [5, 5.41) is 3.00. The molecule has 6 nitrogen and oxygen atoms in total. The van der Waals surface area contributed by atoms with Crippen LogP contribution in [0.4, 0.5) is 16.2 Å². The normalized spacial score (nSPS) is 12.9. The number of nitrogens with zero attached hydrogens (tertiary/aromatic N) is 2. The molecule has 0 atom stereocenters. The zero-order valence-electron chi connectivity index (χ0n) is 19.7. The summed E-state index contributed by atoms with van der Waals surface area (Å²) in [6, 6.07) is 21.5. The van der Waals surface area contributed by atoms with E-state index < -0.39 is 0 Å². The first kappa shape index (κ1) is 23.7. The van der Waals surface area contributed by atoms with Crippen molar-refractivity contribution in [3.05, 3.63) is 83.4 Å². The molecule has 1 aliphatic heterocycles. The summed E-state index contributed by atoms with van der Waals surface area (Å²) in [6.45, 7) is 5.38. The third-order valence-electron chi connectivity index (χ3n) is 5.78. The number of hydrogen-bond acceptors (Lipinski definition) is 4. The van der Waals surface area contributed by atoms with Crippen molar-refractivity contribution in [3.63, 3.8) is 0 Å². The summed E-state index contributed by atoms with van der Waals surface area (Å²) in [4.78, 5) is 30.0. The largest absolute Gasteiger partial charge is 0.491 e. The molecular weight excluding hydrogens is 446 g/mol. The molecule has 1 aliphatic rings. The highest BCUT2D eigenvalue weighted by Gasteiger charge is 2.21. The molecule has 0 aliphatic carbocycles. The van der Waals surface area contributed by atoms with Gasteiger partial charge in [0.15, 0.2) is 0 Å². The number of fused-ring (bicyclic) bond motifs is 1. The molecule has 3 aromatic carbocycles. The van der Waals surface area contributed by atoms with Crippen LogP contribution in [0.3, 0.4) is 0 Å². The molecule has 1 N–H and O–H groups in total. The first-order valence-corrected chi connectivity index (χ1v) is 12.4. The number of aryl methyl sites for hydroxylation is 1. The Bertz CT molecular complexity index is 1180. The van der Waals surface area contributed by atoms with Crippen molar-refractivity contribution in [2.75, 3.05) is 29.6 Å². The fourth-order valence-electron chi connectivity index (χ4n) is 3.91. The standard InChI is InChI=1S/C27H29N3O3S/c1-19-7-10-24(11-8-19)30(20(2)31)17-21-9-12-26-22(15-21)18-29(13-14-33-26)27(32)28-23-5-4-6-25(16-23)34-3/h4-12,15-16H,13-14,17-18H2,1-3H3,(H,28,32). The van der Waals surface area contributed by atoms with Gasteiger partial charge in [0.25, 0.3) is 0 Å². The number of urea groups is 1. The van der Waals surface area contributed by atoms with E-state index in [0.29, 0.717) is 26.2 Å². The Balaban J connectivity index is 1.51. The Labute approximate surface area is 204 Å². The Morgan fingerprint density at radius 2 is 1.88 bits per heavy atom. The Morgan fingerprint density at radius 1 is 1.09 bits per heavy atom. The fourth-order valence-corrected chi connectivity index (χ4v) is 4.37. The van der Waals surface area contributed by atoms with Crippen LogP contribution in [0.15, 0.2) is 71.6 Å². The summed E-state index contributed by atoms with van der Waals surface area (Å²) >= 11 is 1.63. The van der Waals surface area contributed by atoms with Gasteiger partial charge in [0.1, 0.15) is 12.4 Å². The number of ether oxygens (including phenoxy) is 1. The lowest BCUT2D eigenvalue weighted by Gasteiger charge is -2.23. The number of amides is 3. The molecule has 0 saturated heterocycles. The van der Waals surface area contributed by atoms with Gasteiger partial charge in [-0.3, -0.25) is 4.79 Å². The van der Waals surface area contributed by atoms with Crippen molar-refractivity contribution < 1.29 is 14.3 Å². The minimum absolute atomic E-state index is 0.0245. The monoisotopic (exact) mass is 475 g/mol. The van der Waals surface area contributed by atoms with Gasteiger partial charge >= 0.3 is 6.03 Å². The Hall–Kier alpha value is -3.45. The van der Waals surface area contributed by atoms with Crippen molar-refractivity contribution in [2.24, 2.45) is 0 Å². The van der Waals surface area contributed by atoms with Crippen molar-refractivity contribution in [2.45, 2.75) is 31.8 Å². The van der Waals surface area contributed by atoms with Crippen LogP contribution in [0, 0.1) is 6.92 Å². The van der Waals surface area contributed by atoms with E-state index in [1.165, 1.54) is 0 Å². The van der Waals surface area contributed by atoms with Gasteiger partial charge in [-0.2, -0.15) is 0 Å². The van der Waals surface area contributed by atoms with Crippen LogP contribution in [-0.4, -0.2) is 36.2 Å². The van der Waals surface area contributed by atoms with Crippen molar-refractivity contribution in [3.8, 4) is 5.75 Å². The zero-order chi connectivity index (χ0) is 24.1. The first-order chi connectivity index (χ1) is 16.4. The van der Waals surface area contributed by atoms with Gasteiger partial charge in [0.2, 0.25) is 5.91 Å². The van der Waals surface area contributed by atoms with E-state index in [1.54, 1.807) is 28.5 Å². The number of nitrogens with one attached hydrogen (secondary N) is 1. The lowest BCUT2D eigenvalue weighted by atomic mass is 10.1. The Morgan fingerprint density at radius 3 is 2.62 bits per heavy atom. The van der Waals surface area contributed by atoms with E-state index in [0.717, 1.165) is 38.7 Å². The van der Waals surface area contributed by atoms with Gasteiger partial charge < -0.3 is 19.9 Å². The van der Waals surface area contributed by atoms with E-state index >= 15 is 0 Å². The second-order valence-corrected chi connectivity index (χ2v) is 9.19. The molecule has 3 amide bonds. The second kappa shape index (κ2) is 10.7. The smallest absolute Gasteiger partial charge is 0.322 e. The van der Waals surface area contributed by atoms with Crippen molar-refractivity contribution in [1.29, 1.82) is 0 Å². The predicted molar refractivity (Wildman–Crippen MR) is 138 cm³/mol. The van der Waals surface area contributed by atoms with Gasteiger partial charge in [0, 0.05) is 28.8 Å². The van der Waals surface area contributed by atoms with Gasteiger partial charge in [-0.25, -0.2) is 4.79 Å². The molecule has 0 radical (unpaired) electrons. The number of anilines is 2. The third-order valence-corrected chi connectivity index (χ3v) is 6.50. The maximum atomic E-state index is 13.0. The van der Waals surface area contributed by atoms with Gasteiger partial charge in [-0.15, -0.1) is 11.8 Å². The van der Waals surface area contributed by atoms with Crippen LogP contribution < -0.4 is 15.0 Å². The molecule has 34 heavy (non-hydrogen) atoms. The van der Waals surface area contributed by atoms with Crippen LogP contribution in [0.2, 0.25) is 0 Å². The van der Waals surface area contributed by atoms with Crippen LogP contribution in [0.1, 0.15) is 23.6 Å². The predicted octanol–water partition coefficient (Wildman–Crippen LogP) is 5.70. The minimum atomic E-state index is -0.162. The van der Waals surface area contributed by atoms with Gasteiger partial charge in [0.05, 0.1) is 19.6 Å². The van der Waals surface area contributed by atoms with Crippen LogP contribution in [-0.2, 0) is 17.9 Å². The van der Waals surface area contributed by atoms with Crippen LogP contribution >= 0.6 is 11.8 Å². The zero-order valence-corrected chi connectivity index (χ0v) is 20.5. The van der Waals surface area contributed by atoms with E-state index in [-0.39, 0.29) is 11.9 Å².